The summed E-state index contributed by atoms with van der Waals surface area (Å²) >= 11 is 0. The predicted octanol–water partition coefficient (Wildman–Crippen LogP) is 9.90. The van der Waals surface area contributed by atoms with Crippen molar-refractivity contribution in [2.75, 3.05) is 0 Å². The summed E-state index contributed by atoms with van der Waals surface area (Å²) in [6, 6.07) is 27.1. The molecule has 1 unspecified atom stereocenters. The Morgan fingerprint density at radius 1 is 0.674 bits per heavy atom. The molecule has 0 saturated heterocycles. The van der Waals surface area contributed by atoms with Crippen molar-refractivity contribution in [1.29, 1.82) is 0 Å². The highest BCUT2D eigenvalue weighted by Crippen LogP contribution is 2.39. The van der Waals surface area contributed by atoms with Gasteiger partial charge >= 0.3 is 0 Å². The number of ketones is 2. The minimum atomic E-state index is -0.571. The van der Waals surface area contributed by atoms with Gasteiger partial charge < -0.3 is 4.57 Å². The molecule has 1 heterocycles. The monoisotopic (exact) mass is 573 g/mol. The molecule has 1 atom stereocenters. The summed E-state index contributed by atoms with van der Waals surface area (Å²) in [5, 5.41) is 3.25. The molecule has 6 aromatic rings. The molecule has 0 aliphatic carbocycles. The molecular weight excluding hydrogens is 540 g/mol. The van der Waals surface area contributed by atoms with Gasteiger partial charge in [-0.05, 0) is 66.3 Å². The summed E-state index contributed by atoms with van der Waals surface area (Å²) in [7, 11) is 0. The third-order valence-corrected chi connectivity index (χ3v) is 8.59. The van der Waals surface area contributed by atoms with E-state index < -0.39 is 23.2 Å². The first kappa shape index (κ1) is 28.5. The zero-order chi connectivity index (χ0) is 30.1. The van der Waals surface area contributed by atoms with Gasteiger partial charge in [-0.3, -0.25) is 9.59 Å². The third-order valence-electron chi connectivity index (χ3n) is 8.59. The van der Waals surface area contributed by atoms with Gasteiger partial charge in [-0.1, -0.05) is 81.6 Å². The van der Waals surface area contributed by atoms with Crippen LogP contribution in [0.4, 0.5) is 8.78 Å². The average molecular weight is 574 g/mol. The molecule has 43 heavy (non-hydrogen) atoms. The van der Waals surface area contributed by atoms with Crippen LogP contribution in [0.3, 0.4) is 0 Å². The van der Waals surface area contributed by atoms with Crippen molar-refractivity contribution in [1.82, 2.24) is 4.57 Å². The van der Waals surface area contributed by atoms with E-state index in [1.807, 2.05) is 42.5 Å². The largest absolute Gasteiger partial charge is 0.340 e. The second kappa shape index (κ2) is 11.9. The fourth-order valence-electron chi connectivity index (χ4n) is 6.25. The molecule has 5 aromatic carbocycles. The molecule has 5 heteroatoms. The Bertz CT molecular complexity index is 2010. The lowest BCUT2D eigenvalue weighted by Gasteiger charge is -2.18. The first-order valence-electron chi connectivity index (χ1n) is 15.0. The van der Waals surface area contributed by atoms with Crippen LogP contribution < -0.4 is 0 Å². The van der Waals surface area contributed by atoms with Gasteiger partial charge in [-0.15, -0.1) is 0 Å². The topological polar surface area (TPSA) is 39.1 Å². The van der Waals surface area contributed by atoms with E-state index in [0.29, 0.717) is 17.0 Å². The van der Waals surface area contributed by atoms with Crippen LogP contribution in [0, 0.1) is 17.6 Å². The Morgan fingerprint density at radius 3 is 1.95 bits per heavy atom. The molecule has 0 radical (unpaired) electrons. The number of hydrogen-bond acceptors (Lipinski definition) is 2. The minimum Gasteiger partial charge on any atom is -0.340 e. The number of fused-ring (bicyclic) bond motifs is 5. The second-order valence-corrected chi connectivity index (χ2v) is 11.2. The summed E-state index contributed by atoms with van der Waals surface area (Å²) in [5.74, 6) is -1.50. The van der Waals surface area contributed by atoms with E-state index in [2.05, 4.69) is 18.4 Å². The fourth-order valence-corrected chi connectivity index (χ4v) is 6.25. The lowest BCUT2D eigenvalue weighted by Crippen LogP contribution is -2.11. The summed E-state index contributed by atoms with van der Waals surface area (Å²) < 4.78 is 31.7. The molecule has 6 rings (SSSR count). The van der Waals surface area contributed by atoms with Gasteiger partial charge in [-0.2, -0.15) is 0 Å². The van der Waals surface area contributed by atoms with Crippen molar-refractivity contribution in [3.8, 4) is 0 Å². The van der Waals surface area contributed by atoms with Crippen LogP contribution in [-0.2, 0) is 6.54 Å². The van der Waals surface area contributed by atoms with Gasteiger partial charge in [0, 0.05) is 39.3 Å². The maximum absolute atomic E-state index is 14.8. The minimum absolute atomic E-state index is 0.0109. The zero-order valence-electron chi connectivity index (χ0n) is 24.4. The Morgan fingerprint density at radius 2 is 1.30 bits per heavy atom. The average Bonchev–Trinajstić information content (AvgIpc) is 3.35. The van der Waals surface area contributed by atoms with Crippen LogP contribution >= 0.6 is 0 Å². The van der Waals surface area contributed by atoms with E-state index in [-0.39, 0.29) is 11.1 Å². The van der Waals surface area contributed by atoms with Gasteiger partial charge in [-0.25, -0.2) is 8.78 Å². The van der Waals surface area contributed by atoms with Crippen LogP contribution in [-0.4, -0.2) is 16.1 Å². The highest BCUT2D eigenvalue weighted by atomic mass is 19.1. The normalized spacial score (nSPS) is 12.3. The molecule has 0 fully saturated rings. The SMILES string of the molecule is CCCCC(CC)Cn1c2ccc(C(=O)c3ccccc3F)cc2c2cc(C(=O)c3ccccc3F)c3ccccc3c21. The summed E-state index contributed by atoms with van der Waals surface area (Å²) in [6.07, 6.45) is 4.38. The molecule has 0 spiro atoms. The van der Waals surface area contributed by atoms with Crippen molar-refractivity contribution >= 4 is 44.1 Å². The van der Waals surface area contributed by atoms with Crippen molar-refractivity contribution in [3.05, 3.63) is 131 Å². The van der Waals surface area contributed by atoms with Crippen LogP contribution in [0.5, 0.6) is 0 Å². The molecular formula is C38H33F2NO2. The van der Waals surface area contributed by atoms with E-state index in [4.69, 9.17) is 0 Å². The smallest absolute Gasteiger partial charge is 0.196 e. The van der Waals surface area contributed by atoms with E-state index in [1.54, 1.807) is 30.3 Å². The fraction of sp³-hybridized carbons (Fsp3) is 0.211. The molecule has 0 bridgehead atoms. The van der Waals surface area contributed by atoms with Gasteiger partial charge in [0.15, 0.2) is 11.6 Å². The third kappa shape index (κ3) is 5.14. The van der Waals surface area contributed by atoms with Crippen LogP contribution in [0.15, 0.2) is 97.1 Å². The second-order valence-electron chi connectivity index (χ2n) is 11.2. The van der Waals surface area contributed by atoms with Crippen molar-refractivity contribution < 1.29 is 18.4 Å². The van der Waals surface area contributed by atoms with Crippen LogP contribution in [0.25, 0.3) is 32.6 Å². The number of carbonyl (C=O) groups excluding carboxylic acids is 2. The summed E-state index contributed by atoms with van der Waals surface area (Å²) in [4.78, 5) is 27.3. The number of halogens is 2. The first-order valence-corrected chi connectivity index (χ1v) is 15.0. The standard InChI is InChI=1S/C38H33F2NO2/c1-3-5-12-24(4-2)23-41-35-20-19-25(37(42)28-15-8-10-17-33(28)39)21-30(35)31-22-32(26-13-6-7-14-27(26)36(31)41)38(43)29-16-9-11-18-34(29)40/h6-11,13-22,24H,3-5,12,23H2,1-2H3. The molecule has 0 aliphatic heterocycles. The van der Waals surface area contributed by atoms with E-state index in [0.717, 1.165) is 64.8 Å². The number of carbonyl (C=O) groups is 2. The number of nitrogens with zero attached hydrogens (tertiary/aromatic N) is 1. The number of benzene rings is 5. The van der Waals surface area contributed by atoms with E-state index in [9.17, 15) is 18.4 Å². The Labute approximate surface area is 249 Å². The molecule has 216 valence electrons. The van der Waals surface area contributed by atoms with Gasteiger partial charge in [0.1, 0.15) is 11.6 Å². The van der Waals surface area contributed by atoms with Crippen LogP contribution in [0.2, 0.25) is 0 Å². The van der Waals surface area contributed by atoms with Crippen molar-refractivity contribution in [2.24, 2.45) is 5.92 Å². The molecule has 1 aromatic heterocycles. The Hall–Kier alpha value is -4.64. The van der Waals surface area contributed by atoms with Crippen LogP contribution in [0.1, 0.15) is 71.4 Å². The molecule has 0 amide bonds. The zero-order valence-corrected chi connectivity index (χ0v) is 24.4. The molecule has 3 nitrogen and oxygen atoms in total. The summed E-state index contributed by atoms with van der Waals surface area (Å²) in [5.41, 5.74) is 2.70. The molecule has 0 saturated carbocycles. The van der Waals surface area contributed by atoms with Gasteiger partial charge in [0.05, 0.1) is 16.6 Å². The van der Waals surface area contributed by atoms with E-state index in [1.165, 1.54) is 24.3 Å². The lowest BCUT2D eigenvalue weighted by atomic mass is 9.93. The quantitative estimate of drug-likeness (QED) is 0.153. The van der Waals surface area contributed by atoms with Gasteiger partial charge in [0.2, 0.25) is 0 Å². The van der Waals surface area contributed by atoms with Crippen molar-refractivity contribution in [2.45, 2.75) is 46.1 Å². The number of rotatable bonds is 10. The first-order chi connectivity index (χ1) is 20.9. The molecule has 0 aliphatic rings. The maximum Gasteiger partial charge on any atom is 0.196 e. The van der Waals surface area contributed by atoms with E-state index >= 15 is 0 Å². The number of aromatic nitrogens is 1. The predicted molar refractivity (Wildman–Crippen MR) is 170 cm³/mol. The maximum atomic E-state index is 14.8. The lowest BCUT2D eigenvalue weighted by molar-refractivity contribution is 0.102. The molecule has 0 N–H and O–H groups in total. The summed E-state index contributed by atoms with van der Waals surface area (Å²) in [6.45, 7) is 5.19. The highest BCUT2D eigenvalue weighted by molar-refractivity contribution is 6.26. The Kier molecular flexibility index (Phi) is 7.90. The highest BCUT2D eigenvalue weighted by Gasteiger charge is 2.24. The number of unbranched alkanes of at least 4 members (excludes halogenated alkanes) is 1. The van der Waals surface area contributed by atoms with Crippen molar-refractivity contribution in [3.63, 3.8) is 0 Å². The Balaban J connectivity index is 1.64. The number of hydrogen-bond donors (Lipinski definition) is 0. The van der Waals surface area contributed by atoms with Gasteiger partial charge in [0.25, 0.3) is 0 Å².